The van der Waals surface area contributed by atoms with Gasteiger partial charge in [0.2, 0.25) is 0 Å². The van der Waals surface area contributed by atoms with Crippen molar-refractivity contribution >= 4 is 11.9 Å². The predicted octanol–water partition coefficient (Wildman–Crippen LogP) is 1.53. The Bertz CT molecular complexity index is 375. The smallest absolute Gasteiger partial charge is 0.317 e. The highest BCUT2D eigenvalue weighted by Gasteiger charge is 2.65. The summed E-state index contributed by atoms with van der Waals surface area (Å²) in [4.78, 5) is 23.3. The molecule has 0 spiro atoms. The zero-order valence-electron chi connectivity index (χ0n) is 8.96. The Balaban J connectivity index is 1.76. The van der Waals surface area contributed by atoms with Crippen LogP contribution < -0.4 is 0 Å². The second-order valence-electron chi connectivity index (χ2n) is 5.63. The molecule has 0 unspecified atom stereocenters. The van der Waals surface area contributed by atoms with E-state index in [2.05, 4.69) is 12.2 Å². The van der Waals surface area contributed by atoms with Crippen LogP contribution in [-0.2, 0) is 14.3 Å². The normalized spacial score (nSPS) is 52.8. The fraction of sp³-hybridized carbons (Fsp3) is 0.692. The van der Waals surface area contributed by atoms with Gasteiger partial charge in [0.25, 0.3) is 0 Å². The van der Waals surface area contributed by atoms with Crippen LogP contribution in [0, 0.1) is 35.5 Å². The Kier molecular flexibility index (Phi) is 1.55. The van der Waals surface area contributed by atoms with Crippen LogP contribution in [0.25, 0.3) is 0 Å². The topological polar surface area (TPSA) is 43.4 Å². The number of esters is 2. The average molecular weight is 218 g/mol. The molecule has 1 saturated heterocycles. The van der Waals surface area contributed by atoms with Crippen LogP contribution in [0.3, 0.4) is 0 Å². The third kappa shape index (κ3) is 0.864. The molecule has 2 bridgehead atoms. The fourth-order valence-corrected chi connectivity index (χ4v) is 4.74. The van der Waals surface area contributed by atoms with Gasteiger partial charge in [-0.3, -0.25) is 9.59 Å². The summed E-state index contributed by atoms with van der Waals surface area (Å²) in [7, 11) is 0. The van der Waals surface area contributed by atoms with E-state index in [0.29, 0.717) is 23.7 Å². The minimum atomic E-state index is -0.240. The van der Waals surface area contributed by atoms with E-state index in [-0.39, 0.29) is 23.8 Å². The molecule has 0 aromatic heterocycles. The molecule has 6 atom stereocenters. The van der Waals surface area contributed by atoms with Crippen molar-refractivity contribution < 1.29 is 14.3 Å². The Morgan fingerprint density at radius 2 is 1.38 bits per heavy atom. The molecule has 4 rings (SSSR count). The van der Waals surface area contributed by atoms with E-state index < -0.39 is 0 Å². The largest absolute Gasteiger partial charge is 0.393 e. The molecule has 1 heterocycles. The molecule has 0 amide bonds. The predicted molar refractivity (Wildman–Crippen MR) is 55.0 cm³/mol. The van der Waals surface area contributed by atoms with Crippen molar-refractivity contribution in [1.29, 1.82) is 0 Å². The summed E-state index contributed by atoms with van der Waals surface area (Å²) >= 11 is 0. The highest BCUT2D eigenvalue weighted by Crippen LogP contribution is 2.63. The van der Waals surface area contributed by atoms with E-state index in [0.717, 1.165) is 19.3 Å². The molecule has 1 aliphatic heterocycles. The highest BCUT2D eigenvalue weighted by molar-refractivity contribution is 5.97. The number of carbonyl (C=O) groups excluding carboxylic acids is 2. The van der Waals surface area contributed by atoms with Crippen LogP contribution in [0.4, 0.5) is 0 Å². The van der Waals surface area contributed by atoms with Gasteiger partial charge in [0.15, 0.2) is 0 Å². The first-order valence-corrected chi connectivity index (χ1v) is 6.18. The molecule has 84 valence electrons. The van der Waals surface area contributed by atoms with E-state index in [1.807, 2.05) is 0 Å². The van der Waals surface area contributed by atoms with E-state index in [9.17, 15) is 9.59 Å². The number of hydrogen-bond donors (Lipinski definition) is 0. The van der Waals surface area contributed by atoms with Gasteiger partial charge in [-0.05, 0) is 42.9 Å². The molecule has 0 N–H and O–H groups in total. The van der Waals surface area contributed by atoms with Gasteiger partial charge in [-0.25, -0.2) is 0 Å². The molecule has 4 aliphatic rings. The number of hydrogen-bond acceptors (Lipinski definition) is 3. The molecule has 16 heavy (non-hydrogen) atoms. The maximum absolute atomic E-state index is 11.7. The van der Waals surface area contributed by atoms with Gasteiger partial charge in [-0.15, -0.1) is 0 Å². The lowest BCUT2D eigenvalue weighted by molar-refractivity contribution is -0.154. The third-order valence-electron chi connectivity index (χ3n) is 5.23. The minimum absolute atomic E-state index is 0.0924. The molecular formula is C13H14O3. The zero-order valence-corrected chi connectivity index (χ0v) is 8.96. The summed E-state index contributed by atoms with van der Waals surface area (Å²) in [6, 6.07) is 0. The first-order valence-electron chi connectivity index (χ1n) is 6.18. The van der Waals surface area contributed by atoms with Crippen molar-refractivity contribution in [3.8, 4) is 0 Å². The van der Waals surface area contributed by atoms with Gasteiger partial charge in [-0.1, -0.05) is 12.2 Å². The first kappa shape index (κ1) is 8.97. The van der Waals surface area contributed by atoms with Gasteiger partial charge in [-0.2, -0.15) is 0 Å². The van der Waals surface area contributed by atoms with Crippen LogP contribution in [0.2, 0.25) is 0 Å². The molecule has 3 heteroatoms. The summed E-state index contributed by atoms with van der Waals surface area (Å²) in [5.41, 5.74) is 0. The SMILES string of the molecule is O=C1OC(=O)[C@H]2[C@@H]3C[C@@H]([C@H]4CC=CC[C@H]43)[C@@H]12. The summed E-state index contributed by atoms with van der Waals surface area (Å²) in [6.07, 6.45) is 7.73. The van der Waals surface area contributed by atoms with Gasteiger partial charge < -0.3 is 4.74 Å². The lowest BCUT2D eigenvalue weighted by Crippen LogP contribution is -2.37. The second-order valence-corrected chi connectivity index (χ2v) is 5.63. The van der Waals surface area contributed by atoms with Crippen LogP contribution in [0.5, 0.6) is 0 Å². The Morgan fingerprint density at radius 3 is 1.88 bits per heavy atom. The lowest BCUT2D eigenvalue weighted by atomic mass is 9.65. The Morgan fingerprint density at radius 1 is 0.875 bits per heavy atom. The molecular weight excluding hydrogens is 204 g/mol. The van der Waals surface area contributed by atoms with E-state index in [1.54, 1.807) is 0 Å². The van der Waals surface area contributed by atoms with E-state index >= 15 is 0 Å². The number of ether oxygens (including phenoxy) is 1. The maximum Gasteiger partial charge on any atom is 0.317 e. The highest BCUT2D eigenvalue weighted by atomic mass is 16.6. The van der Waals surface area contributed by atoms with Crippen molar-refractivity contribution in [2.24, 2.45) is 35.5 Å². The number of carbonyl (C=O) groups is 2. The first-order chi connectivity index (χ1) is 7.77. The van der Waals surface area contributed by atoms with Gasteiger partial charge in [0.1, 0.15) is 0 Å². The number of fused-ring (bicyclic) bond motifs is 8. The summed E-state index contributed by atoms with van der Waals surface area (Å²) in [5, 5.41) is 0. The Hall–Kier alpha value is -1.12. The van der Waals surface area contributed by atoms with Gasteiger partial charge in [0.05, 0.1) is 11.8 Å². The molecule has 2 saturated carbocycles. The summed E-state index contributed by atoms with van der Waals surface area (Å²) < 4.78 is 4.82. The maximum atomic E-state index is 11.7. The van der Waals surface area contributed by atoms with Crippen molar-refractivity contribution in [1.82, 2.24) is 0 Å². The molecule has 3 aliphatic carbocycles. The van der Waals surface area contributed by atoms with Crippen molar-refractivity contribution in [2.45, 2.75) is 19.3 Å². The molecule has 0 aromatic rings. The number of cyclic esters (lactones) is 2. The quantitative estimate of drug-likeness (QED) is 0.352. The molecule has 3 nitrogen and oxygen atoms in total. The molecule has 0 aromatic carbocycles. The number of rotatable bonds is 0. The van der Waals surface area contributed by atoms with Crippen LogP contribution in [-0.4, -0.2) is 11.9 Å². The van der Waals surface area contributed by atoms with Crippen molar-refractivity contribution in [3.63, 3.8) is 0 Å². The third-order valence-corrected chi connectivity index (χ3v) is 5.23. The summed E-state index contributed by atoms with van der Waals surface area (Å²) in [5.74, 6) is 1.44. The van der Waals surface area contributed by atoms with Gasteiger partial charge >= 0.3 is 11.9 Å². The molecule has 3 fully saturated rings. The van der Waals surface area contributed by atoms with Crippen molar-refractivity contribution in [3.05, 3.63) is 12.2 Å². The lowest BCUT2D eigenvalue weighted by Gasteiger charge is -2.36. The van der Waals surface area contributed by atoms with Crippen LogP contribution >= 0.6 is 0 Å². The Labute approximate surface area is 93.8 Å². The van der Waals surface area contributed by atoms with Crippen LogP contribution in [0.1, 0.15) is 19.3 Å². The van der Waals surface area contributed by atoms with Crippen LogP contribution in [0.15, 0.2) is 12.2 Å². The summed E-state index contributed by atoms with van der Waals surface area (Å²) in [6.45, 7) is 0. The zero-order chi connectivity index (χ0) is 10.9. The van der Waals surface area contributed by atoms with E-state index in [1.165, 1.54) is 0 Å². The monoisotopic (exact) mass is 218 g/mol. The minimum Gasteiger partial charge on any atom is -0.393 e. The molecule has 0 radical (unpaired) electrons. The number of allylic oxidation sites excluding steroid dienone is 2. The fourth-order valence-electron chi connectivity index (χ4n) is 4.74. The standard InChI is InChI=1S/C13H14O3/c14-12-10-8-5-9(11(10)13(15)16-12)7-4-2-1-3-6(7)8/h1-2,6-11H,3-5H2/t6-,7+,8-,9+,10+,11-. The van der Waals surface area contributed by atoms with E-state index in [4.69, 9.17) is 4.74 Å². The second kappa shape index (κ2) is 2.76. The van der Waals surface area contributed by atoms with Gasteiger partial charge in [0, 0.05) is 0 Å². The average Bonchev–Trinajstić information content (AvgIpc) is 2.91. The van der Waals surface area contributed by atoms with Crippen molar-refractivity contribution in [2.75, 3.05) is 0 Å².